The SMILES string of the molecule is CC(=C1NC(=O)CS1)c1cc(C(C)(C)C)c(O)c(C(C)(C)C)c1. The zero-order valence-corrected chi connectivity index (χ0v) is 15.9. The highest BCUT2D eigenvalue weighted by Crippen LogP contribution is 2.42. The molecule has 1 aliphatic heterocycles. The van der Waals surface area contributed by atoms with E-state index in [9.17, 15) is 9.90 Å². The zero-order chi connectivity index (χ0) is 17.6. The molecule has 2 rings (SSSR count). The predicted molar refractivity (Wildman–Crippen MR) is 98.7 cm³/mol. The number of carbonyl (C=O) groups excluding carboxylic acids is 1. The molecule has 0 aromatic heterocycles. The molecule has 4 heteroatoms. The van der Waals surface area contributed by atoms with Gasteiger partial charge in [-0.15, -0.1) is 0 Å². The number of amides is 1. The predicted octanol–water partition coefficient (Wildman–Crippen LogP) is 4.54. The normalized spacial score (nSPS) is 18.1. The Morgan fingerprint density at radius 1 is 1.09 bits per heavy atom. The van der Waals surface area contributed by atoms with Crippen LogP contribution >= 0.6 is 11.8 Å². The summed E-state index contributed by atoms with van der Waals surface area (Å²) < 4.78 is 0. The number of rotatable bonds is 1. The molecular formula is C19H27NO2S. The molecule has 0 aliphatic carbocycles. The molecule has 0 unspecified atom stereocenters. The minimum absolute atomic E-state index is 0.0511. The molecule has 0 saturated carbocycles. The number of aromatic hydroxyl groups is 1. The highest BCUT2D eigenvalue weighted by molar-refractivity contribution is 8.04. The van der Waals surface area contributed by atoms with E-state index in [1.165, 1.54) is 0 Å². The van der Waals surface area contributed by atoms with Gasteiger partial charge in [0.25, 0.3) is 0 Å². The van der Waals surface area contributed by atoms with E-state index in [2.05, 4.69) is 59.0 Å². The third-order valence-corrected chi connectivity index (χ3v) is 5.20. The Morgan fingerprint density at radius 2 is 1.57 bits per heavy atom. The molecule has 3 nitrogen and oxygen atoms in total. The van der Waals surface area contributed by atoms with Crippen molar-refractivity contribution in [2.75, 3.05) is 5.75 Å². The molecule has 0 bridgehead atoms. The van der Waals surface area contributed by atoms with Crippen LogP contribution in [-0.2, 0) is 15.6 Å². The van der Waals surface area contributed by atoms with E-state index < -0.39 is 0 Å². The third kappa shape index (κ3) is 3.74. The first kappa shape index (κ1) is 17.9. The van der Waals surface area contributed by atoms with Gasteiger partial charge in [-0.2, -0.15) is 0 Å². The van der Waals surface area contributed by atoms with Crippen LogP contribution in [0.2, 0.25) is 0 Å². The molecule has 2 N–H and O–H groups in total. The van der Waals surface area contributed by atoms with Gasteiger partial charge in [-0.3, -0.25) is 4.79 Å². The summed E-state index contributed by atoms with van der Waals surface area (Å²) in [6, 6.07) is 4.11. The maximum atomic E-state index is 11.5. The monoisotopic (exact) mass is 333 g/mol. The van der Waals surface area contributed by atoms with Gasteiger partial charge < -0.3 is 10.4 Å². The molecule has 23 heavy (non-hydrogen) atoms. The number of phenols is 1. The molecule has 0 spiro atoms. The molecule has 1 aromatic rings. The van der Waals surface area contributed by atoms with Crippen LogP contribution in [0, 0.1) is 0 Å². The standard InChI is InChI=1S/C19H27NO2S/c1-11(17-20-15(21)10-23-17)12-8-13(18(2,3)4)16(22)14(9-12)19(5,6)7/h8-9,22H,10H2,1-7H3,(H,20,21). The van der Waals surface area contributed by atoms with Gasteiger partial charge in [-0.25, -0.2) is 0 Å². The maximum Gasteiger partial charge on any atom is 0.235 e. The minimum atomic E-state index is -0.156. The Hall–Kier alpha value is -1.42. The Kier molecular flexibility index (Phi) is 4.60. The lowest BCUT2D eigenvalue weighted by atomic mass is 9.78. The van der Waals surface area contributed by atoms with Crippen LogP contribution in [0.5, 0.6) is 5.75 Å². The molecule has 126 valence electrons. The smallest absolute Gasteiger partial charge is 0.235 e. The van der Waals surface area contributed by atoms with Gasteiger partial charge >= 0.3 is 0 Å². The number of carbonyl (C=O) groups is 1. The van der Waals surface area contributed by atoms with Gasteiger partial charge in [0, 0.05) is 11.1 Å². The Morgan fingerprint density at radius 3 is 1.91 bits per heavy atom. The van der Waals surface area contributed by atoms with Crippen molar-refractivity contribution < 1.29 is 9.90 Å². The third-order valence-electron chi connectivity index (χ3n) is 4.10. The van der Waals surface area contributed by atoms with Crippen LogP contribution in [-0.4, -0.2) is 16.8 Å². The van der Waals surface area contributed by atoms with Crippen molar-refractivity contribution in [2.45, 2.75) is 59.3 Å². The van der Waals surface area contributed by atoms with E-state index in [0.29, 0.717) is 11.5 Å². The number of allylic oxidation sites excluding steroid dienone is 1. The van der Waals surface area contributed by atoms with E-state index >= 15 is 0 Å². The largest absolute Gasteiger partial charge is 0.507 e. The summed E-state index contributed by atoms with van der Waals surface area (Å²) >= 11 is 1.54. The first-order valence-electron chi connectivity index (χ1n) is 7.93. The van der Waals surface area contributed by atoms with Crippen LogP contribution < -0.4 is 5.32 Å². The van der Waals surface area contributed by atoms with Crippen LogP contribution in [0.1, 0.15) is 65.2 Å². The Labute approximate surface area is 143 Å². The van der Waals surface area contributed by atoms with Crippen molar-refractivity contribution >= 4 is 23.2 Å². The van der Waals surface area contributed by atoms with Crippen molar-refractivity contribution in [3.63, 3.8) is 0 Å². The van der Waals surface area contributed by atoms with E-state index in [4.69, 9.17) is 0 Å². The van der Waals surface area contributed by atoms with Crippen LogP contribution in [0.25, 0.3) is 5.57 Å². The number of nitrogens with one attached hydrogen (secondary N) is 1. The van der Waals surface area contributed by atoms with Gasteiger partial charge in [0.1, 0.15) is 5.75 Å². The molecule has 1 heterocycles. The fourth-order valence-corrected chi connectivity index (χ4v) is 3.53. The summed E-state index contributed by atoms with van der Waals surface area (Å²) in [5, 5.41) is 14.6. The maximum absolute atomic E-state index is 11.5. The summed E-state index contributed by atoms with van der Waals surface area (Å²) in [4.78, 5) is 11.5. The molecular weight excluding hydrogens is 306 g/mol. The summed E-state index contributed by atoms with van der Waals surface area (Å²) in [5.41, 5.74) is 3.68. The van der Waals surface area contributed by atoms with Crippen molar-refractivity contribution in [3.8, 4) is 5.75 Å². The lowest BCUT2D eigenvalue weighted by Crippen LogP contribution is -2.18. The van der Waals surface area contributed by atoms with Crippen LogP contribution in [0.15, 0.2) is 17.2 Å². The summed E-state index contributed by atoms with van der Waals surface area (Å²) in [7, 11) is 0. The fraction of sp³-hybridized carbons (Fsp3) is 0.526. The highest BCUT2D eigenvalue weighted by Gasteiger charge is 2.27. The van der Waals surface area contributed by atoms with Crippen LogP contribution in [0.3, 0.4) is 0 Å². The highest BCUT2D eigenvalue weighted by atomic mass is 32.2. The minimum Gasteiger partial charge on any atom is -0.507 e. The lowest BCUT2D eigenvalue weighted by Gasteiger charge is -2.28. The van der Waals surface area contributed by atoms with Gasteiger partial charge in [0.2, 0.25) is 5.91 Å². The van der Waals surface area contributed by atoms with Gasteiger partial charge in [0.05, 0.1) is 10.8 Å². The van der Waals surface area contributed by atoms with E-state index in [1.54, 1.807) is 11.8 Å². The first-order chi connectivity index (χ1) is 10.4. The van der Waals surface area contributed by atoms with Gasteiger partial charge in [-0.1, -0.05) is 53.3 Å². The second-order valence-corrected chi connectivity index (χ2v) is 9.20. The Balaban J connectivity index is 2.68. The molecule has 1 saturated heterocycles. The van der Waals surface area contributed by atoms with Crippen LogP contribution in [0.4, 0.5) is 0 Å². The van der Waals surface area contributed by atoms with Crippen molar-refractivity contribution in [2.24, 2.45) is 0 Å². The summed E-state index contributed by atoms with van der Waals surface area (Å²) in [6.45, 7) is 14.7. The molecule has 0 atom stereocenters. The van der Waals surface area contributed by atoms with E-state index in [0.717, 1.165) is 27.3 Å². The van der Waals surface area contributed by atoms with Crippen molar-refractivity contribution in [1.82, 2.24) is 5.32 Å². The van der Waals surface area contributed by atoms with E-state index in [1.807, 2.05) is 6.92 Å². The molecule has 0 radical (unpaired) electrons. The number of thioether (sulfide) groups is 1. The van der Waals surface area contributed by atoms with E-state index in [-0.39, 0.29) is 16.7 Å². The first-order valence-corrected chi connectivity index (χ1v) is 8.91. The number of hydrogen-bond donors (Lipinski definition) is 2. The topological polar surface area (TPSA) is 49.3 Å². The number of benzene rings is 1. The molecule has 1 aromatic carbocycles. The van der Waals surface area contributed by atoms with Gasteiger partial charge in [0.15, 0.2) is 0 Å². The number of hydrogen-bond acceptors (Lipinski definition) is 3. The van der Waals surface area contributed by atoms with Crippen molar-refractivity contribution in [1.29, 1.82) is 0 Å². The fourth-order valence-electron chi connectivity index (χ4n) is 2.66. The molecule has 1 fully saturated rings. The number of phenolic OH excluding ortho intramolecular Hbond substituents is 1. The Bertz CT molecular complexity index is 641. The van der Waals surface area contributed by atoms with Gasteiger partial charge in [-0.05, 0) is 41.0 Å². The second-order valence-electron chi connectivity index (χ2n) is 8.21. The van der Waals surface area contributed by atoms with Crippen molar-refractivity contribution in [3.05, 3.63) is 33.9 Å². The lowest BCUT2D eigenvalue weighted by molar-refractivity contribution is -0.117. The average molecular weight is 333 g/mol. The quantitative estimate of drug-likeness (QED) is 0.793. The summed E-state index contributed by atoms with van der Waals surface area (Å²) in [5.74, 6) is 0.910. The second kappa shape index (κ2) is 5.90. The molecule has 1 aliphatic rings. The summed E-state index contributed by atoms with van der Waals surface area (Å²) in [6.07, 6.45) is 0. The average Bonchev–Trinajstić information content (AvgIpc) is 2.82. The zero-order valence-electron chi connectivity index (χ0n) is 15.1. The molecule has 1 amide bonds.